The fraction of sp³-hybridized carbons (Fsp3) is 0.647. The van der Waals surface area contributed by atoms with E-state index in [1.165, 1.54) is 44.5 Å². The predicted octanol–water partition coefficient (Wildman–Crippen LogP) is 1.87. The van der Waals surface area contributed by atoms with Crippen molar-refractivity contribution < 1.29 is 0 Å². The van der Waals surface area contributed by atoms with Crippen molar-refractivity contribution in [3.8, 4) is 0 Å². The first-order valence-electron chi connectivity index (χ1n) is 8.17. The molecule has 1 N–H and O–H groups in total. The lowest BCUT2D eigenvalue weighted by atomic mass is 10.0. The number of nitrogens with one attached hydrogen (secondary N) is 1. The first-order chi connectivity index (χ1) is 9.92. The van der Waals surface area contributed by atoms with Gasteiger partial charge in [0.2, 0.25) is 0 Å². The molecule has 2 saturated heterocycles. The average molecular weight is 271 g/mol. The van der Waals surface area contributed by atoms with E-state index >= 15 is 0 Å². The predicted molar refractivity (Wildman–Crippen MR) is 81.8 cm³/mol. The summed E-state index contributed by atoms with van der Waals surface area (Å²) in [4.78, 5) is 5.50. The van der Waals surface area contributed by atoms with Crippen molar-refractivity contribution in [3.05, 3.63) is 35.9 Å². The van der Waals surface area contributed by atoms with Crippen molar-refractivity contribution in [2.45, 2.75) is 37.4 Å². The fourth-order valence-electron chi connectivity index (χ4n) is 3.95. The van der Waals surface area contributed by atoms with Crippen LogP contribution in [-0.4, -0.2) is 54.6 Å². The molecule has 0 spiro atoms. The highest BCUT2D eigenvalue weighted by molar-refractivity contribution is 5.20. The maximum absolute atomic E-state index is 3.58. The van der Waals surface area contributed by atoms with E-state index in [0.29, 0.717) is 6.04 Å². The lowest BCUT2D eigenvalue weighted by Crippen LogP contribution is -2.51. The van der Waals surface area contributed by atoms with Gasteiger partial charge in [-0.05, 0) is 24.8 Å². The van der Waals surface area contributed by atoms with Gasteiger partial charge in [0, 0.05) is 50.8 Å². The summed E-state index contributed by atoms with van der Waals surface area (Å²) in [6, 6.07) is 13.3. The summed E-state index contributed by atoms with van der Waals surface area (Å²) >= 11 is 0. The van der Waals surface area contributed by atoms with Gasteiger partial charge in [-0.25, -0.2) is 0 Å². The lowest BCUT2D eigenvalue weighted by Gasteiger charge is -2.40. The molecule has 3 aliphatic rings. The Morgan fingerprint density at radius 1 is 0.950 bits per heavy atom. The average Bonchev–Trinajstić information content (AvgIpc) is 3.26. The van der Waals surface area contributed by atoms with Gasteiger partial charge in [-0.3, -0.25) is 9.80 Å². The van der Waals surface area contributed by atoms with Gasteiger partial charge < -0.3 is 5.32 Å². The molecule has 0 bridgehead atoms. The Kier molecular flexibility index (Phi) is 3.51. The molecule has 0 amide bonds. The zero-order valence-corrected chi connectivity index (χ0v) is 12.2. The molecule has 1 aliphatic carbocycles. The summed E-state index contributed by atoms with van der Waals surface area (Å²) in [6.07, 6.45) is 4.24. The number of rotatable bonds is 3. The number of likely N-dealkylation sites (tertiary alicyclic amines) is 1. The van der Waals surface area contributed by atoms with Crippen LogP contribution >= 0.6 is 0 Å². The second-order valence-corrected chi connectivity index (χ2v) is 6.54. The SMILES string of the molecule is c1ccc(C2CNCCN2C2CCN(C3CC3)C2)cc1. The summed E-state index contributed by atoms with van der Waals surface area (Å²) in [5.74, 6) is 0. The summed E-state index contributed by atoms with van der Waals surface area (Å²) in [6.45, 7) is 6.06. The number of hydrogen-bond acceptors (Lipinski definition) is 3. The highest BCUT2D eigenvalue weighted by Gasteiger charge is 2.38. The minimum absolute atomic E-state index is 0.564. The van der Waals surface area contributed by atoms with Crippen molar-refractivity contribution in [3.63, 3.8) is 0 Å². The van der Waals surface area contributed by atoms with Gasteiger partial charge in [-0.1, -0.05) is 30.3 Å². The van der Waals surface area contributed by atoms with Gasteiger partial charge in [-0.2, -0.15) is 0 Å². The summed E-state index contributed by atoms with van der Waals surface area (Å²) in [7, 11) is 0. The van der Waals surface area contributed by atoms with Crippen LogP contribution in [-0.2, 0) is 0 Å². The maximum Gasteiger partial charge on any atom is 0.0476 e. The maximum atomic E-state index is 3.58. The smallest absolute Gasteiger partial charge is 0.0476 e. The van der Waals surface area contributed by atoms with Gasteiger partial charge in [0.25, 0.3) is 0 Å². The van der Waals surface area contributed by atoms with Gasteiger partial charge in [-0.15, -0.1) is 0 Å². The van der Waals surface area contributed by atoms with Crippen LogP contribution in [0.3, 0.4) is 0 Å². The first-order valence-corrected chi connectivity index (χ1v) is 8.17. The molecule has 20 heavy (non-hydrogen) atoms. The van der Waals surface area contributed by atoms with Crippen molar-refractivity contribution in [2.75, 3.05) is 32.7 Å². The Labute approximate surface area is 121 Å². The van der Waals surface area contributed by atoms with Crippen LogP contribution in [0.1, 0.15) is 30.9 Å². The third-order valence-electron chi connectivity index (χ3n) is 5.20. The zero-order chi connectivity index (χ0) is 13.4. The Hall–Kier alpha value is -0.900. The van der Waals surface area contributed by atoms with Gasteiger partial charge in [0.05, 0.1) is 0 Å². The standard InChI is InChI=1S/C17H25N3/c1-2-4-14(5-3-1)17-12-18-9-11-20(17)16-8-10-19(13-16)15-6-7-15/h1-5,15-18H,6-13H2. The van der Waals surface area contributed by atoms with Gasteiger partial charge in [0.1, 0.15) is 0 Å². The summed E-state index contributed by atoms with van der Waals surface area (Å²) in [5.41, 5.74) is 1.48. The van der Waals surface area contributed by atoms with Crippen LogP contribution in [0, 0.1) is 0 Å². The molecule has 2 heterocycles. The Balaban J connectivity index is 1.49. The first kappa shape index (κ1) is 12.8. The molecule has 4 rings (SSSR count). The summed E-state index contributed by atoms with van der Waals surface area (Å²) in [5, 5.41) is 3.58. The third kappa shape index (κ3) is 2.50. The molecule has 3 nitrogen and oxygen atoms in total. The third-order valence-corrected chi connectivity index (χ3v) is 5.20. The van der Waals surface area contributed by atoms with Crippen molar-refractivity contribution in [1.29, 1.82) is 0 Å². The molecule has 2 unspecified atom stereocenters. The molecule has 1 saturated carbocycles. The number of piperazine rings is 1. The Morgan fingerprint density at radius 3 is 2.60 bits per heavy atom. The minimum atomic E-state index is 0.564. The van der Waals surface area contributed by atoms with Crippen molar-refractivity contribution in [1.82, 2.24) is 15.1 Å². The lowest BCUT2D eigenvalue weighted by molar-refractivity contribution is 0.107. The minimum Gasteiger partial charge on any atom is -0.314 e. The summed E-state index contributed by atoms with van der Waals surface area (Å²) < 4.78 is 0. The molecular formula is C17H25N3. The van der Waals surface area contributed by atoms with E-state index in [9.17, 15) is 0 Å². The van der Waals surface area contributed by atoms with E-state index in [1.54, 1.807) is 0 Å². The van der Waals surface area contributed by atoms with E-state index in [1.807, 2.05) is 0 Å². The molecule has 2 aliphatic heterocycles. The van der Waals surface area contributed by atoms with Crippen molar-refractivity contribution in [2.24, 2.45) is 0 Å². The zero-order valence-electron chi connectivity index (χ0n) is 12.2. The highest BCUT2D eigenvalue weighted by Crippen LogP contribution is 2.34. The topological polar surface area (TPSA) is 18.5 Å². The van der Waals surface area contributed by atoms with E-state index in [4.69, 9.17) is 0 Å². The van der Waals surface area contributed by atoms with Crippen LogP contribution < -0.4 is 5.32 Å². The van der Waals surface area contributed by atoms with Gasteiger partial charge >= 0.3 is 0 Å². The van der Waals surface area contributed by atoms with Crippen molar-refractivity contribution >= 4 is 0 Å². The molecule has 108 valence electrons. The van der Waals surface area contributed by atoms with Crippen LogP contribution in [0.4, 0.5) is 0 Å². The Morgan fingerprint density at radius 2 is 1.80 bits per heavy atom. The number of hydrogen-bond donors (Lipinski definition) is 1. The largest absolute Gasteiger partial charge is 0.314 e. The van der Waals surface area contributed by atoms with Crippen LogP contribution in [0.2, 0.25) is 0 Å². The number of benzene rings is 1. The second kappa shape index (κ2) is 5.47. The molecule has 3 fully saturated rings. The van der Waals surface area contributed by atoms with Crippen LogP contribution in [0.15, 0.2) is 30.3 Å². The van der Waals surface area contributed by atoms with E-state index in [0.717, 1.165) is 25.2 Å². The molecule has 3 heteroatoms. The molecule has 1 aromatic carbocycles. The molecule has 0 aromatic heterocycles. The monoisotopic (exact) mass is 271 g/mol. The normalized spacial score (nSPS) is 32.6. The van der Waals surface area contributed by atoms with E-state index in [2.05, 4.69) is 45.4 Å². The number of nitrogens with zero attached hydrogens (tertiary/aromatic N) is 2. The second-order valence-electron chi connectivity index (χ2n) is 6.54. The molecule has 2 atom stereocenters. The van der Waals surface area contributed by atoms with E-state index < -0.39 is 0 Å². The van der Waals surface area contributed by atoms with E-state index in [-0.39, 0.29) is 0 Å². The fourth-order valence-corrected chi connectivity index (χ4v) is 3.95. The molecule has 1 aromatic rings. The molecular weight excluding hydrogens is 246 g/mol. The highest BCUT2D eigenvalue weighted by atomic mass is 15.3. The quantitative estimate of drug-likeness (QED) is 0.905. The van der Waals surface area contributed by atoms with Crippen LogP contribution in [0.5, 0.6) is 0 Å². The van der Waals surface area contributed by atoms with Gasteiger partial charge in [0.15, 0.2) is 0 Å². The molecule has 0 radical (unpaired) electrons. The van der Waals surface area contributed by atoms with Crippen LogP contribution in [0.25, 0.3) is 0 Å². The Bertz CT molecular complexity index is 443.